The Morgan fingerprint density at radius 1 is 1.00 bits per heavy atom. The van der Waals surface area contributed by atoms with Gasteiger partial charge in [-0.25, -0.2) is 8.42 Å². The van der Waals surface area contributed by atoms with E-state index in [9.17, 15) is 13.5 Å². The molecule has 3 rings (SSSR count). The summed E-state index contributed by atoms with van der Waals surface area (Å²) in [5.41, 5.74) is 0.673. The van der Waals surface area contributed by atoms with Crippen LogP contribution < -0.4 is 0 Å². The van der Waals surface area contributed by atoms with Gasteiger partial charge in [-0.15, -0.1) is 0 Å². The molecule has 22 heavy (non-hydrogen) atoms. The van der Waals surface area contributed by atoms with E-state index in [4.69, 9.17) is 4.74 Å². The Kier molecular flexibility index (Phi) is 4.00. The second kappa shape index (κ2) is 5.94. The summed E-state index contributed by atoms with van der Waals surface area (Å²) in [5.74, 6) is -0.604. The van der Waals surface area contributed by atoms with E-state index in [1.165, 1.54) is 6.26 Å². The molecule has 5 heteroatoms. The molecule has 0 saturated heterocycles. The van der Waals surface area contributed by atoms with Gasteiger partial charge in [-0.1, -0.05) is 48.5 Å². The standard InChI is InChI=1S/C17H16O4S/c18-17(13-7-3-1-4-8-13)15-11-21-12-16(15)22(19,20)14-9-5-2-6-10-14/h1-10,12,15,17-18H,11H2/t15?,17-/m1/s1. The van der Waals surface area contributed by atoms with Crippen molar-refractivity contribution >= 4 is 9.84 Å². The Morgan fingerprint density at radius 3 is 2.23 bits per heavy atom. The molecule has 0 aromatic heterocycles. The van der Waals surface area contributed by atoms with E-state index < -0.39 is 21.9 Å². The molecule has 1 aliphatic heterocycles. The van der Waals surface area contributed by atoms with Crippen molar-refractivity contribution in [2.45, 2.75) is 11.0 Å². The quantitative estimate of drug-likeness (QED) is 0.942. The third-order valence-electron chi connectivity index (χ3n) is 3.73. The van der Waals surface area contributed by atoms with E-state index in [2.05, 4.69) is 0 Å². The van der Waals surface area contributed by atoms with Gasteiger partial charge in [0.25, 0.3) is 0 Å². The van der Waals surface area contributed by atoms with Crippen molar-refractivity contribution in [2.24, 2.45) is 5.92 Å². The van der Waals surface area contributed by atoms with Crippen LogP contribution in [-0.4, -0.2) is 20.1 Å². The second-order valence-corrected chi connectivity index (χ2v) is 7.08. The zero-order valence-electron chi connectivity index (χ0n) is 11.8. The molecule has 0 amide bonds. The van der Waals surface area contributed by atoms with Crippen LogP contribution in [0.5, 0.6) is 0 Å². The first-order valence-corrected chi connectivity index (χ1v) is 8.44. The second-order valence-electron chi connectivity index (χ2n) is 5.13. The summed E-state index contributed by atoms with van der Waals surface area (Å²) in [7, 11) is -3.66. The molecule has 0 bridgehead atoms. The molecule has 0 radical (unpaired) electrons. The van der Waals surface area contributed by atoms with Gasteiger partial charge in [-0.2, -0.15) is 0 Å². The minimum atomic E-state index is -3.66. The fraction of sp³-hybridized carbons (Fsp3) is 0.176. The minimum absolute atomic E-state index is 0.120. The number of sulfone groups is 1. The molecular formula is C17H16O4S. The van der Waals surface area contributed by atoms with E-state index >= 15 is 0 Å². The summed E-state index contributed by atoms with van der Waals surface area (Å²) in [6, 6.07) is 17.2. The number of hydrogen-bond donors (Lipinski definition) is 1. The van der Waals surface area contributed by atoms with Crippen LogP contribution in [0, 0.1) is 5.92 Å². The predicted octanol–water partition coefficient (Wildman–Crippen LogP) is 2.68. The molecule has 0 spiro atoms. The minimum Gasteiger partial charge on any atom is -0.499 e. The lowest BCUT2D eigenvalue weighted by atomic mass is 9.97. The highest BCUT2D eigenvalue weighted by molar-refractivity contribution is 7.95. The number of rotatable bonds is 4. The zero-order chi connectivity index (χ0) is 15.6. The zero-order valence-corrected chi connectivity index (χ0v) is 12.6. The van der Waals surface area contributed by atoms with Gasteiger partial charge in [-0.3, -0.25) is 0 Å². The first-order chi connectivity index (χ1) is 10.6. The van der Waals surface area contributed by atoms with Crippen molar-refractivity contribution in [3.63, 3.8) is 0 Å². The lowest BCUT2D eigenvalue weighted by molar-refractivity contribution is 0.101. The average Bonchev–Trinajstić information content (AvgIpc) is 3.06. The third-order valence-corrected chi connectivity index (χ3v) is 5.64. The summed E-state index contributed by atoms with van der Waals surface area (Å²) in [5, 5.41) is 10.5. The highest BCUT2D eigenvalue weighted by Gasteiger charge is 2.37. The van der Waals surface area contributed by atoms with Crippen molar-refractivity contribution < 1.29 is 18.3 Å². The Bertz CT molecular complexity index is 767. The lowest BCUT2D eigenvalue weighted by Gasteiger charge is -2.20. The SMILES string of the molecule is O=S(=O)(C1=COCC1[C@H](O)c1ccccc1)c1ccccc1. The Morgan fingerprint density at radius 2 is 1.59 bits per heavy atom. The molecule has 0 saturated carbocycles. The molecule has 4 nitrogen and oxygen atoms in total. The van der Waals surface area contributed by atoms with Crippen molar-refractivity contribution in [2.75, 3.05) is 6.61 Å². The molecule has 0 aliphatic carbocycles. The van der Waals surface area contributed by atoms with Gasteiger partial charge in [0.1, 0.15) is 0 Å². The van der Waals surface area contributed by atoms with Crippen LogP contribution in [0.1, 0.15) is 11.7 Å². The molecule has 2 aromatic carbocycles. The van der Waals surface area contributed by atoms with E-state index in [1.807, 2.05) is 18.2 Å². The Hall–Kier alpha value is -2.11. The average molecular weight is 316 g/mol. The van der Waals surface area contributed by atoms with E-state index in [-0.39, 0.29) is 16.4 Å². The van der Waals surface area contributed by atoms with Gasteiger partial charge in [0, 0.05) is 0 Å². The lowest BCUT2D eigenvalue weighted by Crippen LogP contribution is -2.20. The van der Waals surface area contributed by atoms with Crippen LogP contribution in [0.4, 0.5) is 0 Å². The number of ether oxygens (including phenoxy) is 1. The molecule has 1 N–H and O–H groups in total. The maximum Gasteiger partial charge on any atom is 0.206 e. The molecule has 1 aliphatic rings. The monoisotopic (exact) mass is 316 g/mol. The fourth-order valence-corrected chi connectivity index (χ4v) is 4.11. The smallest absolute Gasteiger partial charge is 0.206 e. The Balaban J connectivity index is 1.94. The van der Waals surface area contributed by atoms with E-state index in [0.29, 0.717) is 5.56 Å². The summed E-state index contributed by atoms with van der Waals surface area (Å²) >= 11 is 0. The molecule has 1 unspecified atom stereocenters. The van der Waals surface area contributed by atoms with Crippen molar-refractivity contribution in [3.05, 3.63) is 77.4 Å². The molecule has 1 heterocycles. The largest absolute Gasteiger partial charge is 0.499 e. The van der Waals surface area contributed by atoms with Crippen LogP contribution in [-0.2, 0) is 14.6 Å². The number of hydrogen-bond acceptors (Lipinski definition) is 4. The van der Waals surface area contributed by atoms with E-state index in [0.717, 1.165) is 0 Å². The van der Waals surface area contributed by atoms with Gasteiger partial charge in [0.05, 0.1) is 34.7 Å². The van der Waals surface area contributed by atoms with Gasteiger partial charge < -0.3 is 9.84 Å². The highest BCUT2D eigenvalue weighted by Crippen LogP contribution is 2.37. The summed E-state index contributed by atoms with van der Waals surface area (Å²) < 4.78 is 30.7. The van der Waals surface area contributed by atoms with Crippen LogP contribution in [0.2, 0.25) is 0 Å². The molecule has 114 valence electrons. The Labute approximate surface area is 129 Å². The summed E-state index contributed by atoms with van der Waals surface area (Å²) in [6.45, 7) is 0.150. The molecular weight excluding hydrogens is 300 g/mol. The van der Waals surface area contributed by atoms with Crippen LogP contribution in [0.25, 0.3) is 0 Å². The summed E-state index contributed by atoms with van der Waals surface area (Å²) in [6.07, 6.45) is 0.326. The number of aliphatic hydroxyl groups is 1. The normalized spacial score (nSPS) is 19.3. The maximum atomic E-state index is 12.7. The summed E-state index contributed by atoms with van der Waals surface area (Å²) in [4.78, 5) is 0.326. The maximum absolute atomic E-state index is 12.7. The van der Waals surface area contributed by atoms with Gasteiger partial charge in [0.15, 0.2) is 0 Å². The third kappa shape index (κ3) is 2.65. The molecule has 2 aromatic rings. The topological polar surface area (TPSA) is 63.6 Å². The van der Waals surface area contributed by atoms with Crippen molar-refractivity contribution in [1.29, 1.82) is 0 Å². The van der Waals surface area contributed by atoms with Crippen LogP contribution in [0.3, 0.4) is 0 Å². The van der Waals surface area contributed by atoms with Gasteiger partial charge in [-0.05, 0) is 17.7 Å². The van der Waals surface area contributed by atoms with Gasteiger partial charge in [0.2, 0.25) is 9.84 Å². The molecule has 0 fully saturated rings. The van der Waals surface area contributed by atoms with Crippen molar-refractivity contribution in [1.82, 2.24) is 0 Å². The predicted molar refractivity (Wildman–Crippen MR) is 82.6 cm³/mol. The molecule has 2 atom stereocenters. The first-order valence-electron chi connectivity index (χ1n) is 6.95. The van der Waals surface area contributed by atoms with Crippen LogP contribution in [0.15, 0.2) is 76.7 Å². The van der Waals surface area contributed by atoms with Crippen LogP contribution >= 0.6 is 0 Å². The highest BCUT2D eigenvalue weighted by atomic mass is 32.2. The fourth-order valence-electron chi connectivity index (χ4n) is 2.53. The number of aliphatic hydroxyl groups excluding tert-OH is 1. The number of benzene rings is 2. The van der Waals surface area contributed by atoms with Crippen molar-refractivity contribution in [3.8, 4) is 0 Å². The van der Waals surface area contributed by atoms with Gasteiger partial charge >= 0.3 is 0 Å². The first kappa shape index (κ1) is 14.8. The van der Waals surface area contributed by atoms with E-state index in [1.54, 1.807) is 42.5 Å².